The standard InChI is InChI=1S/C12H21N3O2.ClH/c13-11(16)10-5-1-2-7-15(10)12(17)9-4-3-6-14-8-9;/h9-10,14H,1-8H2,(H2,13,16);1H/t9-,10?;/m1./s1. The van der Waals surface area contributed by atoms with Crippen molar-refractivity contribution in [2.45, 2.75) is 38.1 Å². The molecule has 2 aliphatic heterocycles. The molecule has 18 heavy (non-hydrogen) atoms. The summed E-state index contributed by atoms with van der Waals surface area (Å²) >= 11 is 0. The van der Waals surface area contributed by atoms with Crippen molar-refractivity contribution in [1.29, 1.82) is 0 Å². The first-order valence-corrected chi connectivity index (χ1v) is 6.50. The van der Waals surface area contributed by atoms with Gasteiger partial charge in [-0.2, -0.15) is 0 Å². The monoisotopic (exact) mass is 275 g/mol. The van der Waals surface area contributed by atoms with Crippen molar-refractivity contribution >= 4 is 24.2 Å². The molecule has 0 aromatic heterocycles. The van der Waals surface area contributed by atoms with Gasteiger partial charge in [-0.3, -0.25) is 9.59 Å². The highest BCUT2D eigenvalue weighted by Gasteiger charge is 2.34. The third kappa shape index (κ3) is 3.36. The van der Waals surface area contributed by atoms with Crippen LogP contribution in [0.1, 0.15) is 32.1 Å². The summed E-state index contributed by atoms with van der Waals surface area (Å²) in [6, 6.07) is -0.377. The highest BCUT2D eigenvalue weighted by Crippen LogP contribution is 2.21. The predicted octanol–water partition coefficient (Wildman–Crippen LogP) is 0.274. The second-order valence-electron chi connectivity index (χ2n) is 4.99. The molecule has 2 saturated heterocycles. The molecule has 0 bridgehead atoms. The fourth-order valence-corrected chi connectivity index (χ4v) is 2.79. The van der Waals surface area contributed by atoms with Crippen LogP contribution < -0.4 is 11.1 Å². The van der Waals surface area contributed by atoms with Crippen LogP contribution in [0.4, 0.5) is 0 Å². The SMILES string of the molecule is Cl.NC(=O)C1CCCCN1C(=O)[C@@H]1CCCNC1. The number of hydrogen-bond acceptors (Lipinski definition) is 3. The van der Waals surface area contributed by atoms with Gasteiger partial charge < -0.3 is 16.0 Å². The Morgan fingerprint density at radius 1 is 1.17 bits per heavy atom. The lowest BCUT2D eigenvalue weighted by molar-refractivity contribution is -0.144. The number of nitrogens with one attached hydrogen (secondary N) is 1. The van der Waals surface area contributed by atoms with Crippen LogP contribution in [0.3, 0.4) is 0 Å². The van der Waals surface area contributed by atoms with E-state index in [1.54, 1.807) is 4.90 Å². The first-order chi connectivity index (χ1) is 8.20. The van der Waals surface area contributed by atoms with E-state index in [2.05, 4.69) is 5.32 Å². The Kier molecular flexibility index (Phi) is 5.88. The second kappa shape index (κ2) is 6.95. The molecule has 2 amide bonds. The molecule has 0 saturated carbocycles. The zero-order valence-corrected chi connectivity index (χ0v) is 11.4. The van der Waals surface area contributed by atoms with Gasteiger partial charge in [0.1, 0.15) is 6.04 Å². The Balaban J connectivity index is 0.00000162. The minimum Gasteiger partial charge on any atom is -0.368 e. The van der Waals surface area contributed by atoms with Crippen LogP contribution in [0.25, 0.3) is 0 Å². The average molecular weight is 276 g/mol. The lowest BCUT2D eigenvalue weighted by Crippen LogP contribution is -2.54. The van der Waals surface area contributed by atoms with Gasteiger partial charge in [-0.25, -0.2) is 0 Å². The summed E-state index contributed by atoms with van der Waals surface area (Å²) in [5.41, 5.74) is 5.38. The molecule has 104 valence electrons. The van der Waals surface area contributed by atoms with Crippen molar-refractivity contribution in [3.63, 3.8) is 0 Å². The topological polar surface area (TPSA) is 75.4 Å². The zero-order chi connectivity index (χ0) is 12.3. The first kappa shape index (κ1) is 15.2. The van der Waals surface area contributed by atoms with Gasteiger partial charge in [-0.1, -0.05) is 0 Å². The summed E-state index contributed by atoms with van der Waals surface area (Å²) < 4.78 is 0. The molecule has 2 aliphatic rings. The number of rotatable bonds is 2. The minimum absolute atomic E-state index is 0. The molecule has 2 rings (SSSR count). The summed E-state index contributed by atoms with van der Waals surface area (Å²) in [6.45, 7) is 2.41. The van der Waals surface area contributed by atoms with Gasteiger partial charge in [-0.15, -0.1) is 12.4 Å². The van der Waals surface area contributed by atoms with E-state index in [0.29, 0.717) is 6.54 Å². The van der Waals surface area contributed by atoms with Crippen LogP contribution in [0.15, 0.2) is 0 Å². The zero-order valence-electron chi connectivity index (χ0n) is 10.6. The number of nitrogens with two attached hydrogens (primary N) is 1. The number of piperidine rings is 2. The van der Waals surface area contributed by atoms with Gasteiger partial charge in [0.15, 0.2) is 0 Å². The van der Waals surface area contributed by atoms with E-state index in [9.17, 15) is 9.59 Å². The smallest absolute Gasteiger partial charge is 0.240 e. The molecule has 0 aromatic carbocycles. The number of likely N-dealkylation sites (tertiary alicyclic amines) is 1. The molecular weight excluding hydrogens is 254 g/mol. The summed E-state index contributed by atoms with van der Waals surface area (Å²) in [5.74, 6) is -0.216. The van der Waals surface area contributed by atoms with Crippen LogP contribution in [-0.2, 0) is 9.59 Å². The third-order valence-electron chi connectivity index (χ3n) is 3.76. The Hall–Kier alpha value is -0.810. The van der Waals surface area contributed by atoms with Gasteiger partial charge in [0.05, 0.1) is 5.92 Å². The largest absolute Gasteiger partial charge is 0.368 e. The summed E-state index contributed by atoms with van der Waals surface area (Å²) in [4.78, 5) is 25.4. The van der Waals surface area contributed by atoms with Crippen molar-refractivity contribution in [3.05, 3.63) is 0 Å². The summed E-state index contributed by atoms with van der Waals surface area (Å²) in [7, 11) is 0. The fourth-order valence-electron chi connectivity index (χ4n) is 2.79. The number of nitrogens with zero attached hydrogens (tertiary/aromatic N) is 1. The Morgan fingerprint density at radius 2 is 1.94 bits per heavy atom. The quantitative estimate of drug-likeness (QED) is 0.760. The van der Waals surface area contributed by atoms with Crippen molar-refractivity contribution in [2.75, 3.05) is 19.6 Å². The van der Waals surface area contributed by atoms with E-state index in [1.165, 1.54) is 0 Å². The maximum Gasteiger partial charge on any atom is 0.240 e. The van der Waals surface area contributed by atoms with E-state index in [0.717, 1.165) is 45.2 Å². The maximum absolute atomic E-state index is 12.3. The van der Waals surface area contributed by atoms with E-state index in [-0.39, 0.29) is 36.2 Å². The van der Waals surface area contributed by atoms with E-state index in [1.807, 2.05) is 0 Å². The van der Waals surface area contributed by atoms with Crippen molar-refractivity contribution in [2.24, 2.45) is 11.7 Å². The van der Waals surface area contributed by atoms with Gasteiger partial charge in [0.2, 0.25) is 11.8 Å². The number of primary amides is 1. The van der Waals surface area contributed by atoms with Crippen LogP contribution in [-0.4, -0.2) is 42.4 Å². The van der Waals surface area contributed by atoms with Crippen LogP contribution in [0, 0.1) is 5.92 Å². The molecule has 5 nitrogen and oxygen atoms in total. The van der Waals surface area contributed by atoms with Crippen molar-refractivity contribution in [3.8, 4) is 0 Å². The molecule has 6 heteroatoms. The first-order valence-electron chi connectivity index (χ1n) is 6.50. The molecular formula is C12H22ClN3O2. The average Bonchev–Trinajstić information content (AvgIpc) is 2.39. The molecule has 0 spiro atoms. The number of carbonyl (C=O) groups is 2. The van der Waals surface area contributed by atoms with Crippen LogP contribution >= 0.6 is 12.4 Å². The van der Waals surface area contributed by atoms with Gasteiger partial charge >= 0.3 is 0 Å². The maximum atomic E-state index is 12.3. The highest BCUT2D eigenvalue weighted by molar-refractivity contribution is 5.88. The molecule has 2 heterocycles. The number of hydrogen-bond donors (Lipinski definition) is 2. The van der Waals surface area contributed by atoms with E-state index in [4.69, 9.17) is 5.73 Å². The predicted molar refractivity (Wildman–Crippen MR) is 71.4 cm³/mol. The molecule has 2 atom stereocenters. The lowest BCUT2D eigenvalue weighted by Gasteiger charge is -2.37. The van der Waals surface area contributed by atoms with Crippen LogP contribution in [0.2, 0.25) is 0 Å². The van der Waals surface area contributed by atoms with Crippen molar-refractivity contribution < 1.29 is 9.59 Å². The molecule has 0 aliphatic carbocycles. The summed E-state index contributed by atoms with van der Waals surface area (Å²) in [6.07, 6.45) is 4.65. The normalized spacial score (nSPS) is 28.3. The summed E-state index contributed by atoms with van der Waals surface area (Å²) in [5, 5.41) is 3.24. The number of carbonyl (C=O) groups excluding carboxylic acids is 2. The van der Waals surface area contributed by atoms with Crippen LogP contribution in [0.5, 0.6) is 0 Å². The molecule has 0 radical (unpaired) electrons. The van der Waals surface area contributed by atoms with Gasteiger partial charge in [0, 0.05) is 13.1 Å². The second-order valence-corrected chi connectivity index (χ2v) is 4.99. The Bertz CT molecular complexity index is 306. The molecule has 1 unspecified atom stereocenters. The van der Waals surface area contributed by atoms with Gasteiger partial charge in [-0.05, 0) is 38.6 Å². The van der Waals surface area contributed by atoms with Crippen molar-refractivity contribution in [1.82, 2.24) is 10.2 Å². The minimum atomic E-state index is -0.377. The lowest BCUT2D eigenvalue weighted by atomic mass is 9.94. The molecule has 0 aromatic rings. The Labute approximate surface area is 114 Å². The third-order valence-corrected chi connectivity index (χ3v) is 3.76. The van der Waals surface area contributed by atoms with E-state index < -0.39 is 0 Å². The number of halogens is 1. The number of amides is 2. The van der Waals surface area contributed by atoms with E-state index >= 15 is 0 Å². The highest BCUT2D eigenvalue weighted by atomic mass is 35.5. The molecule has 2 fully saturated rings. The van der Waals surface area contributed by atoms with Gasteiger partial charge in [0.25, 0.3) is 0 Å². The fraction of sp³-hybridized carbons (Fsp3) is 0.833. The Morgan fingerprint density at radius 3 is 2.56 bits per heavy atom. The molecule has 3 N–H and O–H groups in total.